The molecule has 106 valence electrons. The predicted octanol–water partition coefficient (Wildman–Crippen LogP) is 3.29. The second-order valence-electron chi connectivity index (χ2n) is 4.53. The number of carbonyl (C=O) groups excluding carboxylic acids is 1. The van der Waals surface area contributed by atoms with E-state index in [1.165, 1.54) is 0 Å². The minimum Gasteiger partial charge on any atom is -0.334 e. The van der Waals surface area contributed by atoms with E-state index in [0.29, 0.717) is 18.1 Å². The van der Waals surface area contributed by atoms with Crippen molar-refractivity contribution in [3.63, 3.8) is 0 Å². The van der Waals surface area contributed by atoms with Crippen molar-refractivity contribution in [2.24, 2.45) is 0 Å². The molecule has 0 aliphatic rings. The normalized spacial score (nSPS) is 10.5. The van der Waals surface area contributed by atoms with Crippen molar-refractivity contribution >= 4 is 22.9 Å². The number of aryl methyl sites for hydroxylation is 1. The van der Waals surface area contributed by atoms with Crippen molar-refractivity contribution in [1.82, 2.24) is 10.1 Å². The highest BCUT2D eigenvalue weighted by Gasteiger charge is 2.08. The maximum absolute atomic E-state index is 11.9. The lowest BCUT2D eigenvalue weighted by molar-refractivity contribution is -0.115. The first-order valence-corrected chi connectivity index (χ1v) is 7.31. The van der Waals surface area contributed by atoms with Crippen LogP contribution in [0.3, 0.4) is 0 Å². The Morgan fingerprint density at radius 3 is 2.71 bits per heavy atom. The van der Waals surface area contributed by atoms with Gasteiger partial charge in [-0.05, 0) is 42.6 Å². The number of hydrogen-bond acceptors (Lipinski definition) is 5. The molecular formula is C15H13N3O2S. The van der Waals surface area contributed by atoms with Crippen molar-refractivity contribution in [1.29, 1.82) is 0 Å². The van der Waals surface area contributed by atoms with Gasteiger partial charge in [-0.2, -0.15) is 4.98 Å². The third-order valence-electron chi connectivity index (χ3n) is 2.86. The molecule has 3 aromatic rings. The molecule has 21 heavy (non-hydrogen) atoms. The summed E-state index contributed by atoms with van der Waals surface area (Å²) in [6, 6.07) is 11.2. The van der Waals surface area contributed by atoms with Crippen LogP contribution in [0.25, 0.3) is 11.5 Å². The summed E-state index contributed by atoms with van der Waals surface area (Å²) in [4.78, 5) is 17.1. The molecule has 0 saturated carbocycles. The molecule has 1 amide bonds. The van der Waals surface area contributed by atoms with Gasteiger partial charge in [-0.25, -0.2) is 0 Å². The van der Waals surface area contributed by atoms with E-state index in [0.717, 1.165) is 16.1 Å². The lowest BCUT2D eigenvalue weighted by Gasteiger charge is -2.04. The van der Waals surface area contributed by atoms with Gasteiger partial charge in [0.05, 0.1) is 6.42 Å². The molecule has 0 saturated heterocycles. The highest BCUT2D eigenvalue weighted by atomic mass is 32.1. The molecular weight excluding hydrogens is 286 g/mol. The number of thiophene rings is 1. The number of anilines is 1. The molecule has 1 N–H and O–H groups in total. The minimum absolute atomic E-state index is 0.0289. The van der Waals surface area contributed by atoms with Gasteiger partial charge in [-0.3, -0.25) is 4.79 Å². The molecule has 5 nitrogen and oxygen atoms in total. The van der Waals surface area contributed by atoms with E-state index < -0.39 is 0 Å². The Balaban J connectivity index is 1.65. The van der Waals surface area contributed by atoms with Crippen molar-refractivity contribution in [3.8, 4) is 11.5 Å². The highest BCUT2D eigenvalue weighted by Crippen LogP contribution is 2.20. The second-order valence-corrected chi connectivity index (χ2v) is 5.56. The zero-order valence-corrected chi connectivity index (χ0v) is 12.2. The average Bonchev–Trinajstić information content (AvgIpc) is 3.11. The predicted molar refractivity (Wildman–Crippen MR) is 81.1 cm³/mol. The molecule has 0 atom stereocenters. The Hall–Kier alpha value is -2.47. The standard InChI is InChI=1S/C15H13N3O2S/c1-10-16-15(20-18-10)11-4-6-12(7-5-11)17-14(19)9-13-3-2-8-21-13/h2-8H,9H2,1H3,(H,17,19). The van der Waals surface area contributed by atoms with Crippen molar-refractivity contribution in [2.75, 3.05) is 5.32 Å². The van der Waals surface area contributed by atoms with Crippen LogP contribution in [0, 0.1) is 6.92 Å². The van der Waals surface area contributed by atoms with Gasteiger partial charge in [0.25, 0.3) is 5.89 Å². The smallest absolute Gasteiger partial charge is 0.257 e. The Bertz CT molecular complexity index is 733. The Morgan fingerprint density at radius 1 is 1.29 bits per heavy atom. The van der Waals surface area contributed by atoms with Crippen LogP contribution in [0.5, 0.6) is 0 Å². The summed E-state index contributed by atoms with van der Waals surface area (Å²) in [6.45, 7) is 1.77. The number of nitrogens with zero attached hydrogens (tertiary/aromatic N) is 2. The zero-order chi connectivity index (χ0) is 14.7. The van der Waals surface area contributed by atoms with Gasteiger partial charge in [-0.15, -0.1) is 11.3 Å². The fourth-order valence-electron chi connectivity index (χ4n) is 1.89. The second kappa shape index (κ2) is 5.88. The summed E-state index contributed by atoms with van der Waals surface area (Å²) in [5.41, 5.74) is 1.57. The van der Waals surface area contributed by atoms with Gasteiger partial charge in [-0.1, -0.05) is 11.2 Å². The van der Waals surface area contributed by atoms with Crippen molar-refractivity contribution in [3.05, 3.63) is 52.5 Å². The SMILES string of the molecule is Cc1noc(-c2ccc(NC(=O)Cc3cccs3)cc2)n1. The van der Waals surface area contributed by atoms with Crippen LogP contribution < -0.4 is 5.32 Å². The van der Waals surface area contributed by atoms with Gasteiger partial charge in [0.2, 0.25) is 5.91 Å². The molecule has 0 aliphatic carbocycles. The van der Waals surface area contributed by atoms with Crippen LogP contribution in [0.1, 0.15) is 10.7 Å². The molecule has 2 aromatic heterocycles. The fraction of sp³-hybridized carbons (Fsp3) is 0.133. The van der Waals surface area contributed by atoms with Gasteiger partial charge in [0.15, 0.2) is 5.82 Å². The minimum atomic E-state index is -0.0289. The first-order chi connectivity index (χ1) is 10.2. The molecule has 1 aromatic carbocycles. The van der Waals surface area contributed by atoms with Gasteiger partial charge in [0.1, 0.15) is 0 Å². The number of nitrogens with one attached hydrogen (secondary N) is 1. The van der Waals surface area contributed by atoms with Crippen molar-refractivity contribution < 1.29 is 9.32 Å². The summed E-state index contributed by atoms with van der Waals surface area (Å²) >= 11 is 1.58. The zero-order valence-electron chi connectivity index (χ0n) is 11.4. The van der Waals surface area contributed by atoms with Gasteiger partial charge in [0, 0.05) is 16.1 Å². The Morgan fingerprint density at radius 2 is 2.10 bits per heavy atom. The van der Waals surface area contributed by atoms with Crippen molar-refractivity contribution in [2.45, 2.75) is 13.3 Å². The fourth-order valence-corrected chi connectivity index (χ4v) is 2.59. The molecule has 0 aliphatic heterocycles. The largest absolute Gasteiger partial charge is 0.334 e. The van der Waals surface area contributed by atoms with Crippen LogP contribution in [0.15, 0.2) is 46.3 Å². The first-order valence-electron chi connectivity index (χ1n) is 6.44. The van der Waals surface area contributed by atoms with E-state index in [9.17, 15) is 4.79 Å². The average molecular weight is 299 g/mol. The van der Waals surface area contributed by atoms with Crippen LogP contribution in [0.4, 0.5) is 5.69 Å². The summed E-state index contributed by atoms with van der Waals surface area (Å²) in [5.74, 6) is 1.04. The summed E-state index contributed by atoms with van der Waals surface area (Å²) < 4.78 is 5.09. The lowest BCUT2D eigenvalue weighted by atomic mass is 10.2. The molecule has 0 unspecified atom stereocenters. The third kappa shape index (κ3) is 3.35. The molecule has 6 heteroatoms. The molecule has 0 fully saturated rings. The van der Waals surface area contributed by atoms with Crippen LogP contribution in [-0.4, -0.2) is 16.0 Å². The van der Waals surface area contributed by atoms with E-state index in [1.54, 1.807) is 18.3 Å². The van der Waals surface area contributed by atoms with E-state index >= 15 is 0 Å². The quantitative estimate of drug-likeness (QED) is 0.802. The molecule has 2 heterocycles. The van der Waals surface area contributed by atoms with Crippen LogP contribution >= 0.6 is 11.3 Å². The number of amides is 1. The maximum Gasteiger partial charge on any atom is 0.257 e. The molecule has 0 spiro atoms. The van der Waals surface area contributed by atoms with Gasteiger partial charge >= 0.3 is 0 Å². The van der Waals surface area contributed by atoms with E-state index in [1.807, 2.05) is 41.8 Å². The lowest BCUT2D eigenvalue weighted by Crippen LogP contribution is -2.13. The number of aromatic nitrogens is 2. The highest BCUT2D eigenvalue weighted by molar-refractivity contribution is 7.10. The number of benzene rings is 1. The third-order valence-corrected chi connectivity index (χ3v) is 3.73. The number of hydrogen-bond donors (Lipinski definition) is 1. The molecule has 0 bridgehead atoms. The summed E-state index contributed by atoms with van der Waals surface area (Å²) in [6.07, 6.45) is 0.391. The summed E-state index contributed by atoms with van der Waals surface area (Å²) in [5, 5.41) is 8.58. The first kappa shape index (κ1) is 13.5. The maximum atomic E-state index is 11.9. The molecule has 0 radical (unpaired) electrons. The topological polar surface area (TPSA) is 68.0 Å². The molecule has 3 rings (SSSR count). The summed E-state index contributed by atoms with van der Waals surface area (Å²) in [7, 11) is 0. The van der Waals surface area contributed by atoms with Gasteiger partial charge < -0.3 is 9.84 Å². The van der Waals surface area contributed by atoms with Crippen LogP contribution in [-0.2, 0) is 11.2 Å². The number of carbonyl (C=O) groups is 1. The monoisotopic (exact) mass is 299 g/mol. The Labute approximate surface area is 125 Å². The number of rotatable bonds is 4. The van der Waals surface area contributed by atoms with Crippen LogP contribution in [0.2, 0.25) is 0 Å². The van der Waals surface area contributed by atoms with E-state index in [4.69, 9.17) is 4.52 Å². The van der Waals surface area contributed by atoms with E-state index in [2.05, 4.69) is 15.5 Å². The Kier molecular flexibility index (Phi) is 3.79. The van der Waals surface area contributed by atoms with E-state index in [-0.39, 0.29) is 5.91 Å².